The highest BCUT2D eigenvalue weighted by Crippen LogP contribution is 2.11. The number of nitrogens with one attached hydrogen (secondary N) is 2. The highest BCUT2D eigenvalue weighted by Gasteiger charge is 2.02. The van der Waals surface area contributed by atoms with Gasteiger partial charge < -0.3 is 16.4 Å². The maximum Gasteiger partial charge on any atom is 0.224 e. The van der Waals surface area contributed by atoms with E-state index in [9.17, 15) is 4.79 Å². The highest BCUT2D eigenvalue weighted by molar-refractivity contribution is 5.78. The van der Waals surface area contributed by atoms with Crippen molar-refractivity contribution in [2.75, 3.05) is 18.4 Å². The molecule has 1 amide bonds. The summed E-state index contributed by atoms with van der Waals surface area (Å²) in [7, 11) is 0. The van der Waals surface area contributed by atoms with Crippen molar-refractivity contribution in [1.29, 1.82) is 0 Å². The zero-order valence-corrected chi connectivity index (χ0v) is 10.5. The normalized spacial score (nSPS) is 11.9. The summed E-state index contributed by atoms with van der Waals surface area (Å²) in [4.78, 5) is 11.4. The fraction of sp³-hybridized carbons (Fsp3) is 0.462. The van der Waals surface area contributed by atoms with Crippen LogP contribution in [0.1, 0.15) is 19.4 Å². The summed E-state index contributed by atoms with van der Waals surface area (Å²) >= 11 is 0. The Hall–Kier alpha value is -1.55. The number of anilines is 1. The summed E-state index contributed by atoms with van der Waals surface area (Å²) < 4.78 is 0. The minimum atomic E-state index is 0.0588. The molecule has 94 valence electrons. The molecule has 17 heavy (non-hydrogen) atoms. The fourth-order valence-electron chi connectivity index (χ4n) is 1.51. The van der Waals surface area contributed by atoms with E-state index in [1.807, 2.05) is 38.1 Å². The summed E-state index contributed by atoms with van der Waals surface area (Å²) in [6, 6.07) is 8.12. The van der Waals surface area contributed by atoms with E-state index in [1.165, 1.54) is 0 Å². The molecule has 0 bridgehead atoms. The minimum absolute atomic E-state index is 0.0588. The number of nitrogens with two attached hydrogens (primary N) is 1. The number of benzene rings is 1. The van der Waals surface area contributed by atoms with E-state index >= 15 is 0 Å². The van der Waals surface area contributed by atoms with Crippen molar-refractivity contribution >= 4 is 11.6 Å². The molecule has 0 fully saturated rings. The van der Waals surface area contributed by atoms with Crippen molar-refractivity contribution in [3.05, 3.63) is 29.8 Å². The first-order chi connectivity index (χ1) is 8.15. The van der Waals surface area contributed by atoms with Gasteiger partial charge in [-0.05, 0) is 31.5 Å². The Bertz CT molecular complexity index is 348. The van der Waals surface area contributed by atoms with Gasteiger partial charge >= 0.3 is 0 Å². The van der Waals surface area contributed by atoms with Gasteiger partial charge in [-0.2, -0.15) is 0 Å². The average Bonchev–Trinajstić information content (AvgIpc) is 2.32. The monoisotopic (exact) mass is 235 g/mol. The molecule has 4 nitrogen and oxygen atoms in total. The molecule has 0 radical (unpaired) electrons. The fourth-order valence-corrected chi connectivity index (χ4v) is 1.51. The van der Waals surface area contributed by atoms with Gasteiger partial charge in [0.05, 0.1) is 6.42 Å². The lowest BCUT2D eigenvalue weighted by molar-refractivity contribution is -0.120. The number of amides is 1. The van der Waals surface area contributed by atoms with Gasteiger partial charge in [-0.3, -0.25) is 4.79 Å². The summed E-state index contributed by atoms with van der Waals surface area (Å²) in [5, 5.41) is 6.05. The molecular formula is C13H21N3O. The SMILES string of the molecule is CCNC(=O)Cc1ccc(NC(C)CN)cc1. The standard InChI is InChI=1S/C13H21N3O/c1-3-15-13(17)8-11-4-6-12(7-5-11)16-10(2)9-14/h4-7,10,16H,3,8-9,14H2,1-2H3,(H,15,17). The third kappa shape index (κ3) is 4.87. The lowest BCUT2D eigenvalue weighted by Crippen LogP contribution is -2.25. The van der Waals surface area contributed by atoms with Gasteiger partial charge in [0.15, 0.2) is 0 Å². The first-order valence-electron chi connectivity index (χ1n) is 5.98. The lowest BCUT2D eigenvalue weighted by Gasteiger charge is -2.13. The minimum Gasteiger partial charge on any atom is -0.381 e. The van der Waals surface area contributed by atoms with Crippen LogP contribution < -0.4 is 16.4 Å². The molecular weight excluding hydrogens is 214 g/mol. The van der Waals surface area contributed by atoms with E-state index in [0.717, 1.165) is 11.3 Å². The van der Waals surface area contributed by atoms with Crippen LogP contribution in [0.4, 0.5) is 5.69 Å². The van der Waals surface area contributed by atoms with Crippen LogP contribution in [0.2, 0.25) is 0 Å². The summed E-state index contributed by atoms with van der Waals surface area (Å²) in [6.07, 6.45) is 0.431. The maximum atomic E-state index is 11.4. The Morgan fingerprint density at radius 1 is 1.35 bits per heavy atom. The largest absolute Gasteiger partial charge is 0.381 e. The molecule has 0 aromatic heterocycles. The van der Waals surface area contributed by atoms with Crippen LogP contribution in [0.25, 0.3) is 0 Å². The smallest absolute Gasteiger partial charge is 0.224 e. The van der Waals surface area contributed by atoms with Gasteiger partial charge in [-0.1, -0.05) is 12.1 Å². The van der Waals surface area contributed by atoms with Crippen LogP contribution in [0.5, 0.6) is 0 Å². The second kappa shape index (κ2) is 6.91. The van der Waals surface area contributed by atoms with E-state index in [2.05, 4.69) is 10.6 Å². The molecule has 1 aromatic rings. The number of hydrogen-bond acceptors (Lipinski definition) is 3. The Labute approximate surface area is 103 Å². The van der Waals surface area contributed by atoms with Gasteiger partial charge in [-0.25, -0.2) is 0 Å². The predicted octanol–water partition coefficient (Wildman–Crippen LogP) is 1.12. The quantitative estimate of drug-likeness (QED) is 0.692. The maximum absolute atomic E-state index is 11.4. The van der Waals surface area contributed by atoms with E-state index in [0.29, 0.717) is 19.5 Å². The van der Waals surface area contributed by atoms with Crippen molar-refractivity contribution in [3.8, 4) is 0 Å². The molecule has 0 heterocycles. The van der Waals surface area contributed by atoms with Crippen LogP contribution in [0.3, 0.4) is 0 Å². The number of hydrogen-bond donors (Lipinski definition) is 3. The third-order valence-corrected chi connectivity index (χ3v) is 2.46. The zero-order valence-electron chi connectivity index (χ0n) is 10.5. The Balaban J connectivity index is 2.52. The van der Waals surface area contributed by atoms with Crippen LogP contribution in [0, 0.1) is 0 Å². The van der Waals surface area contributed by atoms with Crippen molar-refractivity contribution in [1.82, 2.24) is 5.32 Å². The molecule has 1 rings (SSSR count). The zero-order chi connectivity index (χ0) is 12.7. The number of carbonyl (C=O) groups excluding carboxylic acids is 1. The molecule has 0 aliphatic heterocycles. The molecule has 1 unspecified atom stereocenters. The highest BCUT2D eigenvalue weighted by atomic mass is 16.1. The molecule has 0 saturated carbocycles. The first kappa shape index (κ1) is 13.5. The molecule has 0 aliphatic rings. The first-order valence-corrected chi connectivity index (χ1v) is 5.98. The number of rotatable bonds is 6. The molecule has 1 atom stereocenters. The second-order valence-electron chi connectivity index (χ2n) is 4.11. The number of likely N-dealkylation sites (N-methyl/N-ethyl adjacent to an activating group) is 1. The van der Waals surface area contributed by atoms with E-state index in [4.69, 9.17) is 5.73 Å². The van der Waals surface area contributed by atoms with Crippen LogP contribution in [0.15, 0.2) is 24.3 Å². The molecule has 4 heteroatoms. The van der Waals surface area contributed by atoms with Crippen LogP contribution in [-0.2, 0) is 11.2 Å². The third-order valence-electron chi connectivity index (χ3n) is 2.46. The van der Waals surface area contributed by atoms with Gasteiger partial charge in [0.1, 0.15) is 0 Å². The molecule has 0 aliphatic carbocycles. The Morgan fingerprint density at radius 3 is 2.53 bits per heavy atom. The molecule has 0 spiro atoms. The molecule has 0 saturated heterocycles. The topological polar surface area (TPSA) is 67.2 Å². The van der Waals surface area contributed by atoms with Crippen molar-refractivity contribution in [3.63, 3.8) is 0 Å². The van der Waals surface area contributed by atoms with Crippen LogP contribution in [-0.4, -0.2) is 25.0 Å². The predicted molar refractivity (Wildman–Crippen MR) is 71.0 cm³/mol. The Morgan fingerprint density at radius 2 is 2.00 bits per heavy atom. The molecule has 4 N–H and O–H groups in total. The van der Waals surface area contributed by atoms with Gasteiger partial charge in [-0.15, -0.1) is 0 Å². The summed E-state index contributed by atoms with van der Waals surface area (Å²) in [6.45, 7) is 5.22. The van der Waals surface area contributed by atoms with E-state index in [-0.39, 0.29) is 11.9 Å². The van der Waals surface area contributed by atoms with Gasteiger partial charge in [0, 0.05) is 24.8 Å². The second-order valence-corrected chi connectivity index (χ2v) is 4.11. The van der Waals surface area contributed by atoms with Gasteiger partial charge in [0.25, 0.3) is 0 Å². The molecule has 1 aromatic carbocycles. The Kier molecular flexibility index (Phi) is 5.49. The summed E-state index contributed by atoms with van der Waals surface area (Å²) in [5.74, 6) is 0.0588. The lowest BCUT2D eigenvalue weighted by atomic mass is 10.1. The van der Waals surface area contributed by atoms with E-state index < -0.39 is 0 Å². The average molecular weight is 235 g/mol. The van der Waals surface area contributed by atoms with Crippen LogP contribution >= 0.6 is 0 Å². The van der Waals surface area contributed by atoms with Gasteiger partial charge in [0.2, 0.25) is 5.91 Å². The number of carbonyl (C=O) groups is 1. The van der Waals surface area contributed by atoms with Crippen molar-refractivity contribution < 1.29 is 4.79 Å². The van der Waals surface area contributed by atoms with E-state index in [1.54, 1.807) is 0 Å². The summed E-state index contributed by atoms with van der Waals surface area (Å²) in [5.41, 5.74) is 7.58. The van der Waals surface area contributed by atoms with Crippen molar-refractivity contribution in [2.24, 2.45) is 5.73 Å². The van der Waals surface area contributed by atoms with Crippen molar-refractivity contribution in [2.45, 2.75) is 26.3 Å².